The van der Waals surface area contributed by atoms with E-state index in [1.807, 2.05) is 6.92 Å². The molecule has 72 valence electrons. The van der Waals surface area contributed by atoms with E-state index in [2.05, 4.69) is 4.98 Å². The summed E-state index contributed by atoms with van der Waals surface area (Å²) in [4.78, 5) is 15.3. The van der Waals surface area contributed by atoms with Crippen LogP contribution in [0.25, 0.3) is 0 Å². The Balaban J connectivity index is 3.11. The summed E-state index contributed by atoms with van der Waals surface area (Å²) < 4.78 is 0.845. The van der Waals surface area contributed by atoms with Crippen LogP contribution in [-0.2, 0) is 0 Å². The molecule has 1 aromatic heterocycles. The van der Waals surface area contributed by atoms with E-state index in [1.54, 1.807) is 6.92 Å². The van der Waals surface area contributed by atoms with Gasteiger partial charge in [-0.1, -0.05) is 11.8 Å². The molecule has 0 aliphatic heterocycles. The van der Waals surface area contributed by atoms with Crippen LogP contribution in [0.3, 0.4) is 0 Å². The lowest BCUT2D eigenvalue weighted by molar-refractivity contribution is 0.829. The normalized spacial score (nSPS) is 12.8. The van der Waals surface area contributed by atoms with Gasteiger partial charge in [-0.25, -0.2) is 9.66 Å². The topological polar surface area (TPSA) is 60.9 Å². The summed E-state index contributed by atoms with van der Waals surface area (Å²) in [5.74, 6) is 5.32. The van der Waals surface area contributed by atoms with Gasteiger partial charge in [-0.3, -0.25) is 4.79 Å². The third-order valence-electron chi connectivity index (χ3n) is 1.45. The summed E-state index contributed by atoms with van der Waals surface area (Å²) in [7, 11) is 0. The Labute approximate surface area is 85.1 Å². The van der Waals surface area contributed by atoms with Gasteiger partial charge in [0.15, 0.2) is 0 Å². The van der Waals surface area contributed by atoms with Gasteiger partial charge < -0.3 is 5.84 Å². The van der Waals surface area contributed by atoms with Gasteiger partial charge in [-0.15, -0.1) is 11.6 Å². The van der Waals surface area contributed by atoms with Crippen LogP contribution in [0.5, 0.6) is 0 Å². The first-order valence-electron chi connectivity index (χ1n) is 3.66. The average Bonchev–Trinajstić information content (AvgIpc) is 2.06. The van der Waals surface area contributed by atoms with E-state index in [1.165, 1.54) is 18.1 Å². The standard InChI is InChI=1S/C7H10ClN3OS/c1-4-6(13-5(2)8)10-3-11(9)7(4)12/h3,5H,9H2,1-2H3. The second-order valence-corrected chi connectivity index (χ2v) is 4.79. The number of halogens is 1. The molecule has 0 saturated heterocycles. The molecule has 0 amide bonds. The minimum Gasteiger partial charge on any atom is -0.335 e. The zero-order valence-corrected chi connectivity index (χ0v) is 8.89. The average molecular weight is 220 g/mol. The lowest BCUT2D eigenvalue weighted by atomic mass is 10.4. The van der Waals surface area contributed by atoms with E-state index in [-0.39, 0.29) is 10.3 Å². The fourth-order valence-corrected chi connectivity index (χ4v) is 1.75. The molecule has 0 aromatic carbocycles. The zero-order chi connectivity index (χ0) is 10.0. The number of nitrogens with zero attached hydrogens (tertiary/aromatic N) is 2. The van der Waals surface area contributed by atoms with Gasteiger partial charge in [0.25, 0.3) is 5.56 Å². The predicted octanol–water partition coefficient (Wildman–Crippen LogP) is 0.942. The fourth-order valence-electron chi connectivity index (χ4n) is 0.822. The number of nitrogens with two attached hydrogens (primary N) is 1. The second-order valence-electron chi connectivity index (χ2n) is 2.55. The highest BCUT2D eigenvalue weighted by atomic mass is 35.5. The molecular formula is C7H10ClN3OS. The largest absolute Gasteiger partial charge is 0.335 e. The van der Waals surface area contributed by atoms with Gasteiger partial charge in [0.2, 0.25) is 0 Å². The summed E-state index contributed by atoms with van der Waals surface area (Å²) in [6.45, 7) is 3.50. The Morgan fingerprint density at radius 2 is 2.38 bits per heavy atom. The molecular weight excluding hydrogens is 210 g/mol. The SMILES string of the molecule is Cc1c(SC(C)Cl)ncn(N)c1=O. The van der Waals surface area contributed by atoms with Crippen LogP contribution in [0.4, 0.5) is 0 Å². The van der Waals surface area contributed by atoms with Crippen molar-refractivity contribution in [2.75, 3.05) is 5.84 Å². The Morgan fingerprint density at radius 3 is 2.92 bits per heavy atom. The van der Waals surface area contributed by atoms with Crippen LogP contribution in [0, 0.1) is 6.92 Å². The minimum atomic E-state index is -0.241. The zero-order valence-electron chi connectivity index (χ0n) is 7.32. The third kappa shape index (κ3) is 2.38. The Morgan fingerprint density at radius 1 is 1.77 bits per heavy atom. The highest BCUT2D eigenvalue weighted by Gasteiger charge is 2.08. The summed E-state index contributed by atoms with van der Waals surface area (Å²) in [6.07, 6.45) is 1.29. The van der Waals surface area contributed by atoms with Crippen LogP contribution in [0.2, 0.25) is 0 Å². The molecule has 1 rings (SSSR count). The number of aromatic nitrogens is 2. The molecule has 1 atom stereocenters. The lowest BCUT2D eigenvalue weighted by Gasteiger charge is -2.05. The molecule has 0 aliphatic rings. The maximum atomic E-state index is 11.3. The van der Waals surface area contributed by atoms with Gasteiger partial charge >= 0.3 is 0 Å². The van der Waals surface area contributed by atoms with Gasteiger partial charge in [-0.2, -0.15) is 0 Å². The molecule has 0 saturated carbocycles. The summed E-state index contributed by atoms with van der Waals surface area (Å²) in [6, 6.07) is 0. The molecule has 1 heterocycles. The molecule has 2 N–H and O–H groups in total. The van der Waals surface area contributed by atoms with E-state index >= 15 is 0 Å². The Bertz CT molecular complexity index is 363. The first-order valence-corrected chi connectivity index (χ1v) is 4.98. The molecule has 6 heteroatoms. The number of nitrogen functional groups attached to an aromatic ring is 1. The van der Waals surface area contributed by atoms with Crippen LogP contribution < -0.4 is 11.4 Å². The van der Waals surface area contributed by atoms with Crippen molar-refractivity contribution in [1.82, 2.24) is 9.66 Å². The monoisotopic (exact) mass is 219 g/mol. The number of hydrogen-bond acceptors (Lipinski definition) is 4. The predicted molar refractivity (Wildman–Crippen MR) is 54.6 cm³/mol. The quantitative estimate of drug-likeness (QED) is 0.348. The highest BCUT2D eigenvalue weighted by molar-refractivity contribution is 8.01. The summed E-state index contributed by atoms with van der Waals surface area (Å²) in [5.41, 5.74) is 0.289. The number of thioether (sulfide) groups is 1. The molecule has 1 unspecified atom stereocenters. The van der Waals surface area contributed by atoms with Crippen molar-refractivity contribution in [1.29, 1.82) is 0 Å². The highest BCUT2D eigenvalue weighted by Crippen LogP contribution is 2.24. The molecule has 1 aromatic rings. The smallest absolute Gasteiger partial charge is 0.275 e. The molecule has 0 spiro atoms. The second kappa shape index (κ2) is 4.02. The Kier molecular flexibility index (Phi) is 3.22. The van der Waals surface area contributed by atoms with Crippen molar-refractivity contribution in [2.24, 2.45) is 0 Å². The lowest BCUT2D eigenvalue weighted by Crippen LogP contribution is -2.29. The van der Waals surface area contributed by atoms with Crippen LogP contribution in [-0.4, -0.2) is 14.4 Å². The van der Waals surface area contributed by atoms with Crippen LogP contribution >= 0.6 is 23.4 Å². The maximum absolute atomic E-state index is 11.3. The number of rotatable bonds is 2. The maximum Gasteiger partial charge on any atom is 0.275 e. The number of hydrogen-bond donors (Lipinski definition) is 1. The molecule has 0 aliphatic carbocycles. The van der Waals surface area contributed by atoms with Crippen LogP contribution in [0.15, 0.2) is 16.1 Å². The van der Waals surface area contributed by atoms with Crippen molar-refractivity contribution >= 4 is 23.4 Å². The van der Waals surface area contributed by atoms with Gasteiger partial charge in [0.05, 0.1) is 4.71 Å². The van der Waals surface area contributed by atoms with Gasteiger partial charge in [0, 0.05) is 5.56 Å². The van der Waals surface area contributed by atoms with Crippen molar-refractivity contribution < 1.29 is 0 Å². The van der Waals surface area contributed by atoms with E-state index in [9.17, 15) is 4.79 Å². The summed E-state index contributed by atoms with van der Waals surface area (Å²) in [5, 5.41) is 0.634. The van der Waals surface area contributed by atoms with E-state index < -0.39 is 0 Å². The van der Waals surface area contributed by atoms with Crippen molar-refractivity contribution in [2.45, 2.75) is 23.6 Å². The van der Waals surface area contributed by atoms with Crippen molar-refractivity contribution in [3.05, 3.63) is 22.2 Å². The van der Waals surface area contributed by atoms with E-state index in [4.69, 9.17) is 17.4 Å². The Hall–Kier alpha value is -0.680. The molecule has 13 heavy (non-hydrogen) atoms. The van der Waals surface area contributed by atoms with Gasteiger partial charge in [-0.05, 0) is 13.8 Å². The molecule has 0 fully saturated rings. The molecule has 0 bridgehead atoms. The number of alkyl halides is 1. The fraction of sp³-hybridized carbons (Fsp3) is 0.429. The first kappa shape index (κ1) is 10.4. The third-order valence-corrected chi connectivity index (χ3v) is 2.68. The van der Waals surface area contributed by atoms with Crippen LogP contribution in [0.1, 0.15) is 12.5 Å². The van der Waals surface area contributed by atoms with E-state index in [0.29, 0.717) is 10.6 Å². The van der Waals surface area contributed by atoms with Gasteiger partial charge in [0.1, 0.15) is 11.4 Å². The molecule has 4 nitrogen and oxygen atoms in total. The molecule has 0 radical (unpaired) electrons. The van der Waals surface area contributed by atoms with Crippen molar-refractivity contribution in [3.63, 3.8) is 0 Å². The minimum absolute atomic E-state index is 0.112. The van der Waals surface area contributed by atoms with Crippen molar-refractivity contribution in [3.8, 4) is 0 Å². The summed E-state index contributed by atoms with van der Waals surface area (Å²) >= 11 is 7.09. The van der Waals surface area contributed by atoms with E-state index in [0.717, 1.165) is 4.68 Å². The first-order chi connectivity index (χ1) is 6.02.